The molecule has 0 unspecified atom stereocenters. The maximum absolute atomic E-state index is 12.4. The van der Waals surface area contributed by atoms with Crippen molar-refractivity contribution in [2.24, 2.45) is 0 Å². The number of aryl methyl sites for hydroxylation is 1. The molecule has 1 heterocycles. The fourth-order valence-corrected chi connectivity index (χ4v) is 2.88. The number of nitro benzene ring substituents is 1. The van der Waals surface area contributed by atoms with E-state index >= 15 is 0 Å². The Kier molecular flexibility index (Phi) is 4.98. The standard InChI is InChI=1S/C19H16N2O6/c1-12-5-2-3-6-13(12)11-27-16(22)9-10-20-18(23)14-7-4-8-15(21(25)26)17(14)19(20)24/h2-8H,9-11H2,1H3. The number of nitro groups is 1. The highest BCUT2D eigenvalue weighted by atomic mass is 16.6. The molecule has 8 heteroatoms. The lowest BCUT2D eigenvalue weighted by Gasteiger charge is -2.13. The number of benzene rings is 2. The van der Waals surface area contributed by atoms with E-state index in [1.54, 1.807) is 0 Å². The van der Waals surface area contributed by atoms with Gasteiger partial charge in [0.1, 0.15) is 12.2 Å². The summed E-state index contributed by atoms with van der Waals surface area (Å²) < 4.78 is 5.18. The largest absolute Gasteiger partial charge is 0.461 e. The van der Waals surface area contributed by atoms with Crippen LogP contribution < -0.4 is 0 Å². The molecule has 1 aliphatic heterocycles. The second kappa shape index (κ2) is 7.36. The van der Waals surface area contributed by atoms with E-state index in [1.165, 1.54) is 18.2 Å². The third-order valence-corrected chi connectivity index (χ3v) is 4.36. The van der Waals surface area contributed by atoms with E-state index < -0.39 is 28.4 Å². The molecule has 2 aromatic rings. The van der Waals surface area contributed by atoms with Crippen LogP contribution in [0.3, 0.4) is 0 Å². The number of fused-ring (bicyclic) bond motifs is 1. The third kappa shape index (κ3) is 3.55. The molecule has 27 heavy (non-hydrogen) atoms. The maximum atomic E-state index is 12.4. The van der Waals surface area contributed by atoms with Gasteiger partial charge in [-0.05, 0) is 24.1 Å². The van der Waals surface area contributed by atoms with Crippen LogP contribution in [0.5, 0.6) is 0 Å². The van der Waals surface area contributed by atoms with E-state index in [1.807, 2.05) is 31.2 Å². The molecule has 3 rings (SSSR count). The van der Waals surface area contributed by atoms with Gasteiger partial charge in [-0.15, -0.1) is 0 Å². The van der Waals surface area contributed by atoms with Gasteiger partial charge in [-0.1, -0.05) is 30.3 Å². The number of imide groups is 1. The van der Waals surface area contributed by atoms with Crippen molar-refractivity contribution in [3.63, 3.8) is 0 Å². The topological polar surface area (TPSA) is 107 Å². The van der Waals surface area contributed by atoms with Gasteiger partial charge in [0.15, 0.2) is 0 Å². The van der Waals surface area contributed by atoms with Crippen LogP contribution in [0.2, 0.25) is 0 Å². The van der Waals surface area contributed by atoms with Crippen LogP contribution in [0, 0.1) is 17.0 Å². The Morgan fingerprint density at radius 1 is 1.11 bits per heavy atom. The number of amides is 2. The summed E-state index contributed by atoms with van der Waals surface area (Å²) in [6.45, 7) is 1.80. The van der Waals surface area contributed by atoms with Crippen LogP contribution in [0.4, 0.5) is 5.69 Å². The minimum Gasteiger partial charge on any atom is -0.461 e. The minimum absolute atomic E-state index is 0.0255. The normalized spacial score (nSPS) is 12.9. The predicted molar refractivity (Wildman–Crippen MR) is 94.1 cm³/mol. The summed E-state index contributed by atoms with van der Waals surface area (Å²) in [5, 5.41) is 11.1. The number of esters is 1. The molecule has 2 aromatic carbocycles. The zero-order chi connectivity index (χ0) is 19.6. The average Bonchev–Trinajstić information content (AvgIpc) is 2.90. The zero-order valence-electron chi connectivity index (χ0n) is 14.5. The molecule has 0 atom stereocenters. The second-order valence-electron chi connectivity index (χ2n) is 6.06. The molecule has 0 radical (unpaired) electrons. The van der Waals surface area contributed by atoms with Gasteiger partial charge in [0.25, 0.3) is 17.5 Å². The minimum atomic E-state index is -0.769. The quantitative estimate of drug-likeness (QED) is 0.336. The van der Waals surface area contributed by atoms with Gasteiger partial charge in [-0.25, -0.2) is 0 Å². The van der Waals surface area contributed by atoms with Gasteiger partial charge in [0, 0.05) is 12.6 Å². The molecule has 0 fully saturated rings. The van der Waals surface area contributed by atoms with Gasteiger partial charge in [-0.2, -0.15) is 0 Å². The van der Waals surface area contributed by atoms with Gasteiger partial charge >= 0.3 is 5.97 Å². The Balaban J connectivity index is 1.63. The Morgan fingerprint density at radius 3 is 2.56 bits per heavy atom. The highest BCUT2D eigenvalue weighted by Crippen LogP contribution is 2.30. The number of hydrogen-bond acceptors (Lipinski definition) is 6. The van der Waals surface area contributed by atoms with E-state index in [2.05, 4.69) is 0 Å². The number of carbonyl (C=O) groups is 3. The van der Waals surface area contributed by atoms with Crippen molar-refractivity contribution < 1.29 is 24.0 Å². The van der Waals surface area contributed by atoms with Crippen LogP contribution in [-0.2, 0) is 16.1 Å². The summed E-state index contributed by atoms with van der Waals surface area (Å²) >= 11 is 0. The molecule has 0 bridgehead atoms. The number of nitrogens with zero attached hydrogens (tertiary/aromatic N) is 2. The van der Waals surface area contributed by atoms with Crippen LogP contribution in [0.1, 0.15) is 38.3 Å². The maximum Gasteiger partial charge on any atom is 0.307 e. The molecule has 8 nitrogen and oxygen atoms in total. The molecule has 138 valence electrons. The van der Waals surface area contributed by atoms with Gasteiger partial charge in [-0.3, -0.25) is 29.4 Å². The highest BCUT2D eigenvalue weighted by molar-refractivity contribution is 6.23. The van der Waals surface area contributed by atoms with Crippen LogP contribution in [-0.4, -0.2) is 34.2 Å². The molecule has 1 aliphatic rings. The molecule has 0 saturated carbocycles. The summed E-state index contributed by atoms with van der Waals surface area (Å²) in [5.74, 6) is -1.98. The molecular weight excluding hydrogens is 352 g/mol. The number of ether oxygens (including phenoxy) is 1. The van der Waals surface area contributed by atoms with E-state index in [9.17, 15) is 24.5 Å². The van der Waals surface area contributed by atoms with Crippen LogP contribution in [0.25, 0.3) is 0 Å². The van der Waals surface area contributed by atoms with E-state index in [0.29, 0.717) is 0 Å². The van der Waals surface area contributed by atoms with E-state index in [0.717, 1.165) is 16.0 Å². The number of hydrogen-bond donors (Lipinski definition) is 0. The molecule has 0 aliphatic carbocycles. The van der Waals surface area contributed by atoms with Crippen molar-refractivity contribution >= 4 is 23.5 Å². The van der Waals surface area contributed by atoms with Gasteiger partial charge in [0.05, 0.1) is 16.9 Å². The summed E-state index contributed by atoms with van der Waals surface area (Å²) in [7, 11) is 0. The Labute approximate surface area is 154 Å². The summed E-state index contributed by atoms with van der Waals surface area (Å²) in [5.41, 5.74) is 1.17. The Hall–Kier alpha value is -3.55. The predicted octanol–water partition coefficient (Wildman–Crippen LogP) is 2.63. The highest BCUT2D eigenvalue weighted by Gasteiger charge is 2.40. The van der Waals surface area contributed by atoms with E-state index in [4.69, 9.17) is 4.74 Å². The zero-order valence-corrected chi connectivity index (χ0v) is 14.5. The van der Waals surface area contributed by atoms with Crippen molar-refractivity contribution in [2.75, 3.05) is 6.54 Å². The first kappa shape index (κ1) is 18.2. The number of carbonyl (C=O) groups excluding carboxylic acids is 3. The first-order chi connectivity index (χ1) is 12.9. The van der Waals surface area contributed by atoms with E-state index in [-0.39, 0.29) is 30.7 Å². The first-order valence-electron chi connectivity index (χ1n) is 8.24. The van der Waals surface area contributed by atoms with Crippen molar-refractivity contribution in [3.05, 3.63) is 74.8 Å². The summed E-state index contributed by atoms with van der Waals surface area (Å²) in [6.07, 6.45) is -0.189. The Bertz CT molecular complexity index is 953. The van der Waals surface area contributed by atoms with Crippen molar-refractivity contribution in [1.29, 1.82) is 0 Å². The summed E-state index contributed by atoms with van der Waals surface area (Å²) in [4.78, 5) is 48.0. The second-order valence-corrected chi connectivity index (χ2v) is 6.06. The van der Waals surface area contributed by atoms with Crippen LogP contribution in [0.15, 0.2) is 42.5 Å². The lowest BCUT2D eigenvalue weighted by molar-refractivity contribution is -0.385. The fourth-order valence-electron chi connectivity index (χ4n) is 2.88. The van der Waals surface area contributed by atoms with Crippen molar-refractivity contribution in [2.45, 2.75) is 20.0 Å². The van der Waals surface area contributed by atoms with Crippen LogP contribution >= 0.6 is 0 Å². The number of rotatable bonds is 6. The van der Waals surface area contributed by atoms with Crippen molar-refractivity contribution in [3.8, 4) is 0 Å². The molecule has 2 amide bonds. The SMILES string of the molecule is Cc1ccccc1COC(=O)CCN1C(=O)c2cccc([N+](=O)[O-])c2C1=O. The molecule has 0 N–H and O–H groups in total. The van der Waals surface area contributed by atoms with Crippen molar-refractivity contribution in [1.82, 2.24) is 4.90 Å². The van der Waals surface area contributed by atoms with Gasteiger partial charge in [0.2, 0.25) is 0 Å². The molecule has 0 aromatic heterocycles. The third-order valence-electron chi connectivity index (χ3n) is 4.36. The first-order valence-corrected chi connectivity index (χ1v) is 8.24. The fraction of sp³-hybridized carbons (Fsp3) is 0.211. The van der Waals surface area contributed by atoms with Gasteiger partial charge < -0.3 is 4.74 Å². The monoisotopic (exact) mass is 368 g/mol. The lowest BCUT2D eigenvalue weighted by atomic mass is 10.1. The smallest absolute Gasteiger partial charge is 0.307 e. The molecule has 0 spiro atoms. The Morgan fingerprint density at radius 2 is 1.85 bits per heavy atom. The lowest BCUT2D eigenvalue weighted by Crippen LogP contribution is -2.32. The average molecular weight is 368 g/mol. The summed E-state index contributed by atoms with van der Waals surface area (Å²) in [6, 6.07) is 11.3. The molecular formula is C19H16N2O6. The molecule has 0 saturated heterocycles.